The molecule has 3 heterocycles. The Labute approximate surface area is 111 Å². The van der Waals surface area contributed by atoms with E-state index in [4.69, 9.17) is 9.47 Å². The number of carbonyl (C=O) groups is 2. The Balaban J connectivity index is 0.000000640. The zero-order chi connectivity index (χ0) is 10.1. The molecule has 4 atom stereocenters. The monoisotopic (exact) mass is 220 g/mol. The average molecular weight is 220 g/mol. The summed E-state index contributed by atoms with van der Waals surface area (Å²) in [5, 5.41) is 0. The van der Waals surface area contributed by atoms with Crippen LogP contribution in [0.4, 0.5) is 0 Å². The van der Waals surface area contributed by atoms with Gasteiger partial charge in [0.25, 0.3) is 0 Å². The molecule has 4 nitrogen and oxygen atoms in total. The summed E-state index contributed by atoms with van der Waals surface area (Å²) in [7, 11) is 0. The quantitative estimate of drug-likeness (QED) is 0.263. The summed E-state index contributed by atoms with van der Waals surface area (Å²) in [4.78, 5) is 23.3. The van der Waals surface area contributed by atoms with Crippen LogP contribution in [0.15, 0.2) is 0 Å². The van der Waals surface area contributed by atoms with Crippen molar-refractivity contribution in [3.63, 3.8) is 0 Å². The minimum Gasteiger partial charge on any atom is -1.00 e. The van der Waals surface area contributed by atoms with Crippen molar-refractivity contribution in [1.29, 1.82) is 0 Å². The first kappa shape index (κ1) is 11.6. The molecule has 0 aromatic heterocycles. The van der Waals surface area contributed by atoms with Crippen LogP contribution in [0.5, 0.6) is 0 Å². The van der Waals surface area contributed by atoms with Crippen molar-refractivity contribution < 1.29 is 50.0 Å². The second-order valence-corrected chi connectivity index (χ2v) is 4.77. The van der Waals surface area contributed by atoms with Crippen LogP contribution in [0.1, 0.15) is 28.1 Å². The minimum absolute atomic E-state index is 0. The van der Waals surface area contributed by atoms with Gasteiger partial charge in [0.15, 0.2) is 0 Å². The number of carbonyl (C=O) groups excluding carboxylic acids is 2. The van der Waals surface area contributed by atoms with Gasteiger partial charge in [0.05, 0.1) is 12.2 Å². The first-order valence-corrected chi connectivity index (χ1v) is 4.93. The van der Waals surface area contributed by atoms with Gasteiger partial charge in [-0.1, -0.05) is 0 Å². The zero-order valence-corrected chi connectivity index (χ0v) is 11.2. The molecular weight excluding hydrogens is 207 g/mol. The smallest absolute Gasteiger partial charge is 1.00 e. The van der Waals surface area contributed by atoms with E-state index in [2.05, 4.69) is 0 Å². The summed E-state index contributed by atoms with van der Waals surface area (Å²) in [5.41, 5.74) is -1.49. The predicted octanol–water partition coefficient (Wildman–Crippen LogP) is -2.24. The third-order valence-corrected chi connectivity index (χ3v) is 4.42. The fraction of sp³-hybridized carbons (Fsp3) is 0.800. The van der Waals surface area contributed by atoms with Crippen LogP contribution in [0.25, 0.3) is 0 Å². The number of cyclic esters (lactones) is 2. The van der Waals surface area contributed by atoms with Gasteiger partial charge in [0, 0.05) is 0 Å². The van der Waals surface area contributed by atoms with Crippen LogP contribution in [0.3, 0.4) is 0 Å². The molecule has 3 saturated heterocycles. The molecule has 0 unspecified atom stereocenters. The third-order valence-electron chi connectivity index (χ3n) is 4.42. The van der Waals surface area contributed by atoms with Crippen LogP contribution in [-0.4, -0.2) is 24.1 Å². The van der Waals surface area contributed by atoms with Crippen molar-refractivity contribution >= 4 is 11.9 Å². The number of esters is 2. The number of fused-ring (bicyclic) bond motifs is 5. The van der Waals surface area contributed by atoms with Gasteiger partial charge in [-0.3, -0.25) is 9.59 Å². The van der Waals surface area contributed by atoms with Crippen LogP contribution >= 0.6 is 0 Å². The van der Waals surface area contributed by atoms with Gasteiger partial charge < -0.3 is 10.9 Å². The van der Waals surface area contributed by atoms with Gasteiger partial charge in [-0.25, -0.2) is 0 Å². The van der Waals surface area contributed by atoms with Gasteiger partial charge >= 0.3 is 41.5 Å². The van der Waals surface area contributed by atoms with E-state index < -0.39 is 22.8 Å². The van der Waals surface area contributed by atoms with Gasteiger partial charge in [-0.05, 0) is 26.7 Å². The summed E-state index contributed by atoms with van der Waals surface area (Å²) in [6.45, 7) is 3.59. The molecule has 3 aliphatic heterocycles. The van der Waals surface area contributed by atoms with E-state index in [-0.39, 0.29) is 43.2 Å². The van der Waals surface area contributed by atoms with Gasteiger partial charge in [-0.2, -0.15) is 0 Å². The van der Waals surface area contributed by atoms with Crippen molar-refractivity contribution in [2.75, 3.05) is 0 Å². The minimum atomic E-state index is -0.743. The molecule has 3 rings (SSSR count). The van der Waals surface area contributed by atoms with Crippen molar-refractivity contribution in [2.45, 2.75) is 38.9 Å². The standard InChI is InChI=1S/C10H12O4.Na.H/c1-9-5-3-4-6(13-5)10(9,2)8(12)14-7(9)11;;/h5-6H,3-4H2,1-2H3;;/q;+1;-1/t5-,6+,9+,10-;;. The van der Waals surface area contributed by atoms with Crippen molar-refractivity contribution in [2.24, 2.45) is 10.8 Å². The fourth-order valence-corrected chi connectivity index (χ4v) is 3.14. The Morgan fingerprint density at radius 3 is 1.93 bits per heavy atom. The molecule has 3 aliphatic rings. The number of hydrogen-bond acceptors (Lipinski definition) is 4. The van der Waals surface area contributed by atoms with Crippen molar-refractivity contribution in [3.8, 4) is 0 Å². The average Bonchev–Trinajstić information content (AvgIpc) is 2.73. The van der Waals surface area contributed by atoms with E-state index in [0.717, 1.165) is 12.8 Å². The van der Waals surface area contributed by atoms with Crippen molar-refractivity contribution in [3.05, 3.63) is 0 Å². The first-order chi connectivity index (χ1) is 6.51. The van der Waals surface area contributed by atoms with Gasteiger partial charge in [0.2, 0.25) is 0 Å². The van der Waals surface area contributed by atoms with Gasteiger partial charge in [0.1, 0.15) is 10.8 Å². The number of rotatable bonds is 0. The normalized spacial score (nSPS) is 51.3. The number of hydrogen-bond donors (Lipinski definition) is 0. The number of ether oxygens (including phenoxy) is 2. The molecule has 3 fully saturated rings. The summed E-state index contributed by atoms with van der Waals surface area (Å²) in [6.07, 6.45) is 1.46. The second kappa shape index (κ2) is 3.06. The van der Waals surface area contributed by atoms with E-state index in [0.29, 0.717) is 0 Å². The maximum absolute atomic E-state index is 11.7. The molecule has 0 aromatic rings. The Kier molecular flexibility index (Phi) is 2.37. The zero-order valence-electron chi connectivity index (χ0n) is 10.2. The molecule has 0 aliphatic carbocycles. The Bertz CT molecular complexity index is 329. The summed E-state index contributed by atoms with van der Waals surface area (Å²) >= 11 is 0. The van der Waals surface area contributed by atoms with Crippen LogP contribution in [0.2, 0.25) is 0 Å². The molecular formula is C10H13NaO4. The molecule has 78 valence electrons. The van der Waals surface area contributed by atoms with Crippen LogP contribution < -0.4 is 29.6 Å². The first-order valence-electron chi connectivity index (χ1n) is 4.93. The Morgan fingerprint density at radius 1 is 1.13 bits per heavy atom. The Morgan fingerprint density at radius 2 is 1.53 bits per heavy atom. The van der Waals surface area contributed by atoms with E-state index in [9.17, 15) is 9.59 Å². The molecule has 0 aromatic carbocycles. The Hall–Kier alpha value is 0.1000. The van der Waals surface area contributed by atoms with E-state index >= 15 is 0 Å². The van der Waals surface area contributed by atoms with E-state index in [1.54, 1.807) is 13.8 Å². The molecule has 0 spiro atoms. The summed E-state index contributed by atoms with van der Waals surface area (Å²) in [5.74, 6) is -0.811. The second-order valence-electron chi connectivity index (χ2n) is 4.77. The van der Waals surface area contributed by atoms with Gasteiger partial charge in [-0.15, -0.1) is 0 Å². The topological polar surface area (TPSA) is 52.6 Å². The van der Waals surface area contributed by atoms with Crippen LogP contribution in [-0.2, 0) is 19.1 Å². The molecule has 5 heteroatoms. The third kappa shape index (κ3) is 0.971. The molecule has 0 radical (unpaired) electrons. The molecule has 2 bridgehead atoms. The largest absolute Gasteiger partial charge is 1.00 e. The summed E-state index contributed by atoms with van der Waals surface area (Å²) in [6, 6.07) is 0. The van der Waals surface area contributed by atoms with Crippen LogP contribution in [0, 0.1) is 10.8 Å². The van der Waals surface area contributed by atoms with E-state index in [1.807, 2.05) is 0 Å². The SMILES string of the molecule is C[C@@]12C(=O)OC(=O)[C@]1(C)[C@H]1CC[C@@H]2O1.[H-].[Na+]. The molecule has 0 amide bonds. The molecule has 0 N–H and O–H groups in total. The maximum Gasteiger partial charge on any atom is 1.00 e. The maximum atomic E-state index is 11.7. The summed E-state index contributed by atoms with van der Waals surface area (Å²) < 4.78 is 10.4. The predicted molar refractivity (Wildman–Crippen MR) is 46.3 cm³/mol. The fourth-order valence-electron chi connectivity index (χ4n) is 3.14. The van der Waals surface area contributed by atoms with E-state index in [1.165, 1.54) is 0 Å². The van der Waals surface area contributed by atoms with Crippen molar-refractivity contribution in [1.82, 2.24) is 0 Å². The molecule has 15 heavy (non-hydrogen) atoms. The molecule has 0 saturated carbocycles.